The third-order valence-corrected chi connectivity index (χ3v) is 4.31. The first kappa shape index (κ1) is 13.6. The van der Waals surface area contributed by atoms with Crippen molar-refractivity contribution < 1.29 is 0 Å². The zero-order valence-corrected chi connectivity index (χ0v) is 12.2. The van der Waals surface area contributed by atoms with Crippen molar-refractivity contribution in [1.29, 1.82) is 0 Å². The van der Waals surface area contributed by atoms with Gasteiger partial charge in [-0.25, -0.2) is 0 Å². The number of aryl methyl sites for hydroxylation is 2. The van der Waals surface area contributed by atoms with Crippen molar-refractivity contribution in [2.75, 3.05) is 13.1 Å². The number of benzene rings is 1. The Hall–Kier alpha value is -0.820. The summed E-state index contributed by atoms with van der Waals surface area (Å²) < 4.78 is 0. The van der Waals surface area contributed by atoms with Crippen molar-refractivity contribution in [3.8, 4) is 0 Å². The lowest BCUT2D eigenvalue weighted by Crippen LogP contribution is -2.32. The van der Waals surface area contributed by atoms with E-state index >= 15 is 0 Å². The van der Waals surface area contributed by atoms with Crippen LogP contribution in [0.15, 0.2) is 18.2 Å². The Bertz CT molecular complexity index is 375. The lowest BCUT2D eigenvalue weighted by molar-refractivity contribution is 0.185. The molecule has 0 radical (unpaired) electrons. The fourth-order valence-electron chi connectivity index (χ4n) is 2.93. The Labute approximate surface area is 112 Å². The Morgan fingerprint density at radius 2 is 1.72 bits per heavy atom. The van der Waals surface area contributed by atoms with Gasteiger partial charge < -0.3 is 0 Å². The molecule has 1 heterocycles. The van der Waals surface area contributed by atoms with Crippen LogP contribution < -0.4 is 0 Å². The molecule has 1 aromatic rings. The van der Waals surface area contributed by atoms with E-state index in [0.29, 0.717) is 0 Å². The highest BCUT2D eigenvalue weighted by molar-refractivity contribution is 5.32. The molecule has 1 saturated heterocycles. The van der Waals surface area contributed by atoms with Gasteiger partial charge in [0.2, 0.25) is 0 Å². The summed E-state index contributed by atoms with van der Waals surface area (Å²) in [5.41, 5.74) is 4.56. The van der Waals surface area contributed by atoms with E-state index in [-0.39, 0.29) is 0 Å². The molecular weight excluding hydrogens is 218 g/mol. The first-order valence-electron chi connectivity index (χ1n) is 7.56. The van der Waals surface area contributed by atoms with Crippen LogP contribution >= 0.6 is 0 Å². The van der Waals surface area contributed by atoms with E-state index in [2.05, 4.69) is 43.9 Å². The molecule has 0 spiro atoms. The summed E-state index contributed by atoms with van der Waals surface area (Å²) in [5.74, 6) is 0.926. The Kier molecular flexibility index (Phi) is 4.82. The summed E-state index contributed by atoms with van der Waals surface area (Å²) in [6.07, 6.45) is 5.06. The number of rotatable bonds is 4. The van der Waals surface area contributed by atoms with Crippen LogP contribution in [0.1, 0.15) is 50.3 Å². The molecule has 2 rings (SSSR count). The quantitative estimate of drug-likeness (QED) is 0.773. The largest absolute Gasteiger partial charge is 0.299 e. The van der Waals surface area contributed by atoms with Crippen molar-refractivity contribution >= 4 is 0 Å². The van der Waals surface area contributed by atoms with Gasteiger partial charge in [0.15, 0.2) is 0 Å². The SMILES string of the molecule is CCc1ccc(CN2CCC(C)CC2)cc1CC. The first-order valence-corrected chi connectivity index (χ1v) is 7.56. The Morgan fingerprint density at radius 1 is 1.06 bits per heavy atom. The van der Waals surface area contributed by atoms with E-state index in [0.717, 1.165) is 25.3 Å². The minimum Gasteiger partial charge on any atom is -0.299 e. The predicted molar refractivity (Wildman–Crippen MR) is 78.9 cm³/mol. The second-order valence-electron chi connectivity index (χ2n) is 5.77. The fourth-order valence-corrected chi connectivity index (χ4v) is 2.93. The Balaban J connectivity index is 2.01. The lowest BCUT2D eigenvalue weighted by atomic mass is 9.97. The summed E-state index contributed by atoms with van der Waals surface area (Å²) in [6, 6.07) is 7.09. The van der Waals surface area contributed by atoms with Gasteiger partial charge in [0.25, 0.3) is 0 Å². The summed E-state index contributed by atoms with van der Waals surface area (Å²) >= 11 is 0. The molecule has 0 atom stereocenters. The smallest absolute Gasteiger partial charge is 0.0233 e. The summed E-state index contributed by atoms with van der Waals surface area (Å²) in [6.45, 7) is 10.6. The van der Waals surface area contributed by atoms with Gasteiger partial charge in [-0.05, 0) is 61.4 Å². The maximum atomic E-state index is 2.61. The van der Waals surface area contributed by atoms with Crippen LogP contribution in [0.25, 0.3) is 0 Å². The second-order valence-corrected chi connectivity index (χ2v) is 5.77. The first-order chi connectivity index (χ1) is 8.72. The van der Waals surface area contributed by atoms with Gasteiger partial charge in [0, 0.05) is 6.54 Å². The van der Waals surface area contributed by atoms with Crippen LogP contribution in [0.4, 0.5) is 0 Å². The highest BCUT2D eigenvalue weighted by Gasteiger charge is 2.15. The maximum absolute atomic E-state index is 2.61. The lowest BCUT2D eigenvalue weighted by Gasteiger charge is -2.30. The predicted octanol–water partition coefficient (Wildman–Crippen LogP) is 4.04. The van der Waals surface area contributed by atoms with Crippen LogP contribution in [-0.4, -0.2) is 18.0 Å². The molecule has 1 aliphatic heterocycles. The molecule has 1 nitrogen and oxygen atoms in total. The summed E-state index contributed by atoms with van der Waals surface area (Å²) in [4.78, 5) is 2.61. The number of hydrogen-bond acceptors (Lipinski definition) is 1. The average Bonchev–Trinajstić information content (AvgIpc) is 2.41. The Morgan fingerprint density at radius 3 is 2.33 bits per heavy atom. The third-order valence-electron chi connectivity index (χ3n) is 4.31. The number of piperidine rings is 1. The normalized spacial score (nSPS) is 18.2. The molecule has 100 valence electrons. The van der Waals surface area contributed by atoms with Crippen LogP contribution in [0.2, 0.25) is 0 Å². The molecule has 0 unspecified atom stereocenters. The molecule has 1 aliphatic rings. The van der Waals surface area contributed by atoms with Crippen LogP contribution in [-0.2, 0) is 19.4 Å². The molecule has 0 bridgehead atoms. The minimum atomic E-state index is 0.926. The van der Waals surface area contributed by atoms with Gasteiger partial charge in [0.1, 0.15) is 0 Å². The van der Waals surface area contributed by atoms with E-state index in [4.69, 9.17) is 0 Å². The van der Waals surface area contributed by atoms with Crippen LogP contribution in [0, 0.1) is 5.92 Å². The molecule has 0 aliphatic carbocycles. The van der Waals surface area contributed by atoms with E-state index in [1.54, 1.807) is 5.56 Å². The fraction of sp³-hybridized carbons (Fsp3) is 0.647. The van der Waals surface area contributed by atoms with Gasteiger partial charge in [0.05, 0.1) is 0 Å². The molecule has 18 heavy (non-hydrogen) atoms. The summed E-state index contributed by atoms with van der Waals surface area (Å²) in [7, 11) is 0. The molecule has 0 aromatic heterocycles. The highest BCUT2D eigenvalue weighted by atomic mass is 15.1. The monoisotopic (exact) mass is 245 g/mol. The molecule has 0 N–H and O–H groups in total. The second kappa shape index (κ2) is 6.38. The average molecular weight is 245 g/mol. The maximum Gasteiger partial charge on any atom is 0.0233 e. The molecule has 1 aromatic carbocycles. The van der Waals surface area contributed by atoms with Crippen molar-refractivity contribution in [2.45, 2.75) is 53.0 Å². The van der Waals surface area contributed by atoms with Crippen molar-refractivity contribution in [3.05, 3.63) is 34.9 Å². The van der Waals surface area contributed by atoms with Gasteiger partial charge in [-0.1, -0.05) is 39.0 Å². The number of hydrogen-bond donors (Lipinski definition) is 0. The van der Waals surface area contributed by atoms with E-state index in [1.165, 1.54) is 37.1 Å². The molecule has 0 amide bonds. The third kappa shape index (κ3) is 3.35. The highest BCUT2D eigenvalue weighted by Crippen LogP contribution is 2.20. The van der Waals surface area contributed by atoms with E-state index in [1.807, 2.05) is 0 Å². The van der Waals surface area contributed by atoms with Crippen molar-refractivity contribution in [2.24, 2.45) is 5.92 Å². The zero-order chi connectivity index (χ0) is 13.0. The standard InChI is InChI=1S/C17H27N/c1-4-16-7-6-15(12-17(16)5-2)13-18-10-8-14(3)9-11-18/h6-7,12,14H,4-5,8-11,13H2,1-3H3. The van der Waals surface area contributed by atoms with Crippen molar-refractivity contribution in [3.63, 3.8) is 0 Å². The van der Waals surface area contributed by atoms with Crippen molar-refractivity contribution in [1.82, 2.24) is 4.90 Å². The minimum absolute atomic E-state index is 0.926. The molecule has 1 fully saturated rings. The van der Waals surface area contributed by atoms with Crippen LogP contribution in [0.5, 0.6) is 0 Å². The summed E-state index contributed by atoms with van der Waals surface area (Å²) in [5, 5.41) is 0. The topological polar surface area (TPSA) is 3.24 Å². The number of likely N-dealkylation sites (tertiary alicyclic amines) is 1. The molecule has 0 saturated carbocycles. The van der Waals surface area contributed by atoms with E-state index in [9.17, 15) is 0 Å². The zero-order valence-electron chi connectivity index (χ0n) is 12.2. The van der Waals surface area contributed by atoms with Crippen LogP contribution in [0.3, 0.4) is 0 Å². The van der Waals surface area contributed by atoms with Gasteiger partial charge in [-0.3, -0.25) is 4.90 Å². The van der Waals surface area contributed by atoms with Gasteiger partial charge in [-0.2, -0.15) is 0 Å². The van der Waals surface area contributed by atoms with E-state index < -0.39 is 0 Å². The van der Waals surface area contributed by atoms with Gasteiger partial charge in [-0.15, -0.1) is 0 Å². The van der Waals surface area contributed by atoms with Gasteiger partial charge >= 0.3 is 0 Å². The molecular formula is C17H27N. The molecule has 1 heteroatoms. The number of nitrogens with zero attached hydrogens (tertiary/aromatic N) is 1.